The predicted octanol–water partition coefficient (Wildman–Crippen LogP) is 2.70. The molecule has 0 saturated carbocycles. The topological polar surface area (TPSA) is 72.5 Å². The molecule has 21 heavy (non-hydrogen) atoms. The minimum absolute atomic E-state index is 0.198. The van der Waals surface area contributed by atoms with E-state index in [1.165, 1.54) is 6.08 Å². The Morgan fingerprint density at radius 1 is 1.14 bits per heavy atom. The lowest BCUT2D eigenvalue weighted by molar-refractivity contribution is 0.144. The van der Waals surface area contributed by atoms with Gasteiger partial charge in [-0.05, 0) is 17.5 Å². The van der Waals surface area contributed by atoms with Gasteiger partial charge in [0.15, 0.2) is 9.84 Å². The maximum atomic E-state index is 11.9. The Hall–Kier alpha value is -2.34. The second kappa shape index (κ2) is 5.21. The van der Waals surface area contributed by atoms with Crippen LogP contribution in [0.5, 0.6) is 0 Å². The molecule has 1 heterocycles. The number of carbonyl (C=O) groups excluding carboxylic acids is 1. The van der Waals surface area contributed by atoms with E-state index >= 15 is 0 Å². The molecule has 5 nitrogen and oxygen atoms in total. The van der Waals surface area contributed by atoms with Gasteiger partial charge in [-0.2, -0.15) is 0 Å². The average Bonchev–Trinajstić information content (AvgIpc) is 2.78. The second-order valence-electron chi connectivity index (χ2n) is 4.75. The first kappa shape index (κ1) is 13.6. The van der Waals surface area contributed by atoms with Crippen molar-refractivity contribution in [2.75, 3.05) is 11.1 Å². The highest BCUT2D eigenvalue weighted by Gasteiger charge is 2.25. The third-order valence-electron chi connectivity index (χ3n) is 3.18. The molecule has 2 aromatic carbocycles. The fraction of sp³-hybridized carbons (Fsp3) is 0.133. The molecule has 1 atom stereocenters. The molecule has 1 amide bonds. The van der Waals surface area contributed by atoms with Crippen LogP contribution in [-0.2, 0) is 14.6 Å². The summed E-state index contributed by atoms with van der Waals surface area (Å²) in [4.78, 5) is 11.9. The lowest BCUT2D eigenvalue weighted by Crippen LogP contribution is -2.23. The van der Waals surface area contributed by atoms with E-state index in [0.717, 1.165) is 16.2 Å². The normalized spacial score (nSPS) is 19.5. The number of hydrogen-bond acceptors (Lipinski definition) is 4. The zero-order chi connectivity index (χ0) is 14.9. The third kappa shape index (κ3) is 3.05. The summed E-state index contributed by atoms with van der Waals surface area (Å²) in [6, 6.07) is 13.2. The summed E-state index contributed by atoms with van der Waals surface area (Å²) in [6.07, 6.45) is -0.0269. The van der Waals surface area contributed by atoms with Crippen molar-refractivity contribution >= 4 is 32.4 Å². The minimum atomic E-state index is -3.23. The molecule has 3 rings (SSSR count). The Morgan fingerprint density at radius 2 is 1.90 bits per heavy atom. The highest BCUT2D eigenvalue weighted by Crippen LogP contribution is 2.23. The van der Waals surface area contributed by atoms with E-state index in [-0.39, 0.29) is 5.75 Å². The number of carbonyl (C=O) groups is 1. The molecule has 6 heteroatoms. The summed E-state index contributed by atoms with van der Waals surface area (Å²) < 4.78 is 27.6. The van der Waals surface area contributed by atoms with E-state index in [4.69, 9.17) is 4.74 Å². The van der Waals surface area contributed by atoms with Crippen LogP contribution < -0.4 is 5.32 Å². The molecule has 0 fully saturated rings. The largest absolute Gasteiger partial charge is 0.441 e. The van der Waals surface area contributed by atoms with Crippen molar-refractivity contribution in [3.63, 3.8) is 0 Å². The molecule has 0 bridgehead atoms. The molecule has 0 spiro atoms. The fourth-order valence-electron chi connectivity index (χ4n) is 2.23. The number of benzene rings is 2. The first-order valence-corrected chi connectivity index (χ1v) is 8.11. The van der Waals surface area contributed by atoms with Gasteiger partial charge in [-0.1, -0.05) is 36.4 Å². The quantitative estimate of drug-likeness (QED) is 0.926. The van der Waals surface area contributed by atoms with Crippen LogP contribution in [0.25, 0.3) is 10.8 Å². The number of sulfone groups is 1. The number of hydrogen-bond donors (Lipinski definition) is 1. The lowest BCUT2D eigenvalue weighted by atomic mass is 10.1. The maximum absolute atomic E-state index is 11.9. The number of ether oxygens (including phenoxy) is 1. The van der Waals surface area contributed by atoms with Crippen LogP contribution in [0.2, 0.25) is 0 Å². The number of nitrogens with one attached hydrogen (secondary N) is 1. The molecule has 0 radical (unpaired) electrons. The van der Waals surface area contributed by atoms with Gasteiger partial charge in [-0.3, -0.25) is 5.32 Å². The summed E-state index contributed by atoms with van der Waals surface area (Å²) in [6.45, 7) is 0. The molecule has 1 N–H and O–H groups in total. The van der Waals surface area contributed by atoms with Crippen molar-refractivity contribution < 1.29 is 17.9 Å². The van der Waals surface area contributed by atoms with Crippen molar-refractivity contribution in [1.29, 1.82) is 0 Å². The average molecular weight is 303 g/mol. The van der Waals surface area contributed by atoms with E-state index in [0.29, 0.717) is 5.69 Å². The van der Waals surface area contributed by atoms with Gasteiger partial charge in [0.25, 0.3) is 0 Å². The number of fused-ring (bicyclic) bond motifs is 1. The molecule has 108 valence electrons. The number of anilines is 1. The summed E-state index contributed by atoms with van der Waals surface area (Å²) in [5.74, 6) is -0.198. The van der Waals surface area contributed by atoms with Gasteiger partial charge in [-0.25, -0.2) is 13.2 Å². The van der Waals surface area contributed by atoms with Crippen LogP contribution in [-0.4, -0.2) is 26.4 Å². The van der Waals surface area contributed by atoms with Crippen LogP contribution in [0.4, 0.5) is 10.5 Å². The Bertz CT molecular complexity index is 821. The van der Waals surface area contributed by atoms with Gasteiger partial charge in [0.05, 0.1) is 11.4 Å². The molecule has 0 unspecified atom stereocenters. The Balaban J connectivity index is 1.74. The van der Waals surface area contributed by atoms with Crippen LogP contribution >= 0.6 is 0 Å². The first-order chi connectivity index (χ1) is 10.0. The highest BCUT2D eigenvalue weighted by atomic mass is 32.2. The van der Waals surface area contributed by atoms with E-state index in [1.807, 2.05) is 36.4 Å². The smallest absolute Gasteiger partial charge is 0.412 e. The van der Waals surface area contributed by atoms with Crippen molar-refractivity contribution in [2.45, 2.75) is 6.10 Å². The van der Waals surface area contributed by atoms with Crippen LogP contribution in [0, 0.1) is 0 Å². The van der Waals surface area contributed by atoms with Gasteiger partial charge in [-0.15, -0.1) is 0 Å². The Labute approximate surface area is 122 Å². The number of rotatable bonds is 2. The molecule has 0 aromatic heterocycles. The standard InChI is InChI=1S/C15H13NO4S/c17-15(20-12-8-9-21(18,19)10-12)16-14-7-3-5-11-4-1-2-6-13(11)14/h1-9,12H,10H2,(H,16,17)/t12-/m0/s1. The van der Waals surface area contributed by atoms with Gasteiger partial charge in [0.1, 0.15) is 6.10 Å². The molecule has 1 aliphatic heterocycles. The summed E-state index contributed by atoms with van der Waals surface area (Å²) in [5.41, 5.74) is 0.628. The lowest BCUT2D eigenvalue weighted by Gasteiger charge is -2.12. The molecule has 1 aliphatic rings. The van der Waals surface area contributed by atoms with E-state index in [1.54, 1.807) is 6.07 Å². The molecular formula is C15H13NO4S. The SMILES string of the molecule is O=C(Nc1cccc2ccccc12)O[C@H]1C=CS(=O)(=O)C1. The first-order valence-electron chi connectivity index (χ1n) is 6.40. The molecule has 0 saturated heterocycles. The van der Waals surface area contributed by atoms with Crippen LogP contribution in [0.15, 0.2) is 53.9 Å². The Kier molecular flexibility index (Phi) is 3.39. The fourth-order valence-corrected chi connectivity index (χ4v) is 3.39. The highest BCUT2D eigenvalue weighted by molar-refractivity contribution is 7.94. The van der Waals surface area contributed by atoms with Crippen molar-refractivity contribution in [2.24, 2.45) is 0 Å². The van der Waals surface area contributed by atoms with E-state index in [9.17, 15) is 13.2 Å². The third-order valence-corrected chi connectivity index (χ3v) is 4.55. The molecule has 2 aromatic rings. The maximum Gasteiger partial charge on any atom is 0.412 e. The van der Waals surface area contributed by atoms with E-state index < -0.39 is 22.0 Å². The van der Waals surface area contributed by atoms with Gasteiger partial charge >= 0.3 is 6.09 Å². The van der Waals surface area contributed by atoms with Crippen molar-refractivity contribution in [3.8, 4) is 0 Å². The summed E-state index contributed by atoms with van der Waals surface area (Å²) >= 11 is 0. The van der Waals surface area contributed by atoms with Crippen molar-refractivity contribution in [3.05, 3.63) is 53.9 Å². The summed E-state index contributed by atoms with van der Waals surface area (Å²) in [5, 5.41) is 5.62. The molecular weight excluding hydrogens is 290 g/mol. The minimum Gasteiger partial charge on any atom is -0.441 e. The van der Waals surface area contributed by atoms with Gasteiger partial charge in [0.2, 0.25) is 0 Å². The predicted molar refractivity (Wildman–Crippen MR) is 80.8 cm³/mol. The molecule has 0 aliphatic carbocycles. The van der Waals surface area contributed by atoms with Crippen LogP contribution in [0.1, 0.15) is 0 Å². The second-order valence-corrected chi connectivity index (χ2v) is 6.68. The monoisotopic (exact) mass is 303 g/mol. The summed E-state index contributed by atoms with van der Waals surface area (Å²) in [7, 11) is -3.23. The van der Waals surface area contributed by atoms with Crippen molar-refractivity contribution in [1.82, 2.24) is 0 Å². The Morgan fingerprint density at radius 3 is 2.67 bits per heavy atom. The zero-order valence-electron chi connectivity index (χ0n) is 11.0. The van der Waals surface area contributed by atoms with Gasteiger partial charge < -0.3 is 4.74 Å². The zero-order valence-corrected chi connectivity index (χ0v) is 11.8. The van der Waals surface area contributed by atoms with Crippen LogP contribution in [0.3, 0.4) is 0 Å². The van der Waals surface area contributed by atoms with E-state index in [2.05, 4.69) is 5.32 Å². The number of amides is 1. The van der Waals surface area contributed by atoms with Gasteiger partial charge in [0, 0.05) is 10.8 Å².